The van der Waals surface area contributed by atoms with Crippen molar-refractivity contribution in [3.05, 3.63) is 90.1 Å². The Morgan fingerprint density at radius 1 is 1.00 bits per heavy atom. The number of carbonyl (C=O) groups excluding carboxylic acids is 2. The van der Waals surface area contributed by atoms with Crippen molar-refractivity contribution in [1.82, 2.24) is 9.40 Å². The zero-order valence-corrected chi connectivity index (χ0v) is 21.2. The summed E-state index contributed by atoms with van der Waals surface area (Å²) in [6.07, 6.45) is 3.43. The lowest BCUT2D eigenvalue weighted by Gasteiger charge is -2.08. The maximum atomic E-state index is 12.7. The summed E-state index contributed by atoms with van der Waals surface area (Å²) in [6, 6.07) is 20.4. The lowest BCUT2D eigenvalue weighted by Crippen LogP contribution is -2.18. The number of para-hydroxylation sites is 1. The number of hydrazone groups is 1. The molecule has 0 radical (unpaired) electrons. The number of nitrogens with one attached hydrogen (secondary N) is 2. The Bertz CT molecular complexity index is 1560. The Morgan fingerprint density at radius 3 is 2.41 bits per heavy atom. The molecule has 10 heteroatoms. The summed E-state index contributed by atoms with van der Waals surface area (Å²) in [5.74, 6) is -0.190. The minimum absolute atomic E-state index is 0.0238. The summed E-state index contributed by atoms with van der Waals surface area (Å²) in [5, 5.41) is 7.58. The van der Waals surface area contributed by atoms with Gasteiger partial charge in [-0.25, -0.2) is 4.83 Å². The molecule has 3 aromatic carbocycles. The molecule has 190 valence electrons. The van der Waals surface area contributed by atoms with Gasteiger partial charge in [0, 0.05) is 34.8 Å². The van der Waals surface area contributed by atoms with E-state index in [1.165, 1.54) is 18.3 Å². The number of aromatic nitrogens is 1. The van der Waals surface area contributed by atoms with Crippen molar-refractivity contribution in [2.45, 2.75) is 31.7 Å². The molecule has 0 aliphatic rings. The van der Waals surface area contributed by atoms with Gasteiger partial charge in [-0.15, -0.1) is 0 Å². The molecule has 37 heavy (non-hydrogen) atoms. The van der Waals surface area contributed by atoms with Crippen LogP contribution in [0.2, 0.25) is 0 Å². The Labute approximate surface area is 214 Å². The fourth-order valence-electron chi connectivity index (χ4n) is 3.61. The fraction of sp³-hybridized carbons (Fsp3) is 0.148. The second-order valence-electron chi connectivity index (χ2n) is 8.30. The van der Waals surface area contributed by atoms with Crippen molar-refractivity contribution in [3.8, 4) is 5.75 Å². The molecule has 2 N–H and O–H groups in total. The van der Waals surface area contributed by atoms with Crippen LogP contribution in [-0.2, 0) is 26.2 Å². The number of ether oxygens (including phenoxy) is 1. The molecule has 0 spiro atoms. The highest BCUT2D eigenvalue weighted by molar-refractivity contribution is 7.89. The van der Waals surface area contributed by atoms with Crippen LogP contribution in [0.25, 0.3) is 10.9 Å². The van der Waals surface area contributed by atoms with Crippen molar-refractivity contribution >= 4 is 44.7 Å². The smallest absolute Gasteiger partial charge is 0.310 e. The molecular weight excluding hydrogens is 492 g/mol. The molecule has 1 amide bonds. The number of nitrogens with zero attached hydrogens (tertiary/aromatic N) is 2. The Balaban J connectivity index is 1.46. The van der Waals surface area contributed by atoms with Crippen LogP contribution in [-0.4, -0.2) is 31.1 Å². The van der Waals surface area contributed by atoms with Crippen molar-refractivity contribution < 1.29 is 22.7 Å². The minimum Gasteiger partial charge on any atom is -0.427 e. The number of amides is 1. The maximum absolute atomic E-state index is 12.7. The lowest BCUT2D eigenvalue weighted by molar-refractivity contribution is -0.134. The molecule has 0 aliphatic carbocycles. The largest absolute Gasteiger partial charge is 0.427 e. The summed E-state index contributed by atoms with van der Waals surface area (Å²) in [6.45, 7) is 3.61. The summed E-state index contributed by atoms with van der Waals surface area (Å²) in [7, 11) is -3.81. The molecule has 0 aliphatic heterocycles. The van der Waals surface area contributed by atoms with E-state index >= 15 is 0 Å². The number of aryl methyl sites for hydroxylation is 1. The lowest BCUT2D eigenvalue weighted by atomic mass is 10.2. The first-order valence-corrected chi connectivity index (χ1v) is 13.0. The molecule has 1 aromatic heterocycles. The van der Waals surface area contributed by atoms with Gasteiger partial charge in [0.15, 0.2) is 0 Å². The summed E-state index contributed by atoms with van der Waals surface area (Å²) in [4.78, 5) is 26.5. The number of sulfonamides is 1. The van der Waals surface area contributed by atoms with Gasteiger partial charge < -0.3 is 14.6 Å². The molecule has 0 saturated carbocycles. The molecule has 0 unspecified atom stereocenters. The van der Waals surface area contributed by atoms with Gasteiger partial charge in [-0.3, -0.25) is 9.59 Å². The molecule has 4 rings (SSSR count). The monoisotopic (exact) mass is 518 g/mol. The minimum atomic E-state index is -3.81. The number of carbonyl (C=O) groups is 2. The second kappa shape index (κ2) is 11.1. The number of hydrogen-bond acceptors (Lipinski definition) is 6. The second-order valence-corrected chi connectivity index (χ2v) is 9.96. The first kappa shape index (κ1) is 25.6. The quantitative estimate of drug-likeness (QED) is 0.149. The topological polar surface area (TPSA) is 119 Å². The zero-order chi connectivity index (χ0) is 26.4. The highest BCUT2D eigenvalue weighted by atomic mass is 32.2. The highest BCUT2D eigenvalue weighted by Gasteiger charge is 2.13. The van der Waals surface area contributed by atoms with Crippen LogP contribution in [0.5, 0.6) is 5.75 Å². The van der Waals surface area contributed by atoms with Gasteiger partial charge in [0.05, 0.1) is 11.1 Å². The number of hydrogen-bond donors (Lipinski definition) is 2. The van der Waals surface area contributed by atoms with Crippen LogP contribution in [0.1, 0.15) is 24.5 Å². The molecule has 0 saturated heterocycles. The van der Waals surface area contributed by atoms with Crippen LogP contribution in [0.4, 0.5) is 5.69 Å². The van der Waals surface area contributed by atoms with Crippen molar-refractivity contribution in [2.75, 3.05) is 5.32 Å². The van der Waals surface area contributed by atoms with E-state index in [1.807, 2.05) is 31.2 Å². The van der Waals surface area contributed by atoms with E-state index in [0.717, 1.165) is 16.5 Å². The van der Waals surface area contributed by atoms with Gasteiger partial charge in [-0.2, -0.15) is 13.5 Å². The number of esters is 1. The van der Waals surface area contributed by atoms with E-state index < -0.39 is 10.0 Å². The third-order valence-corrected chi connectivity index (χ3v) is 6.74. The molecule has 0 atom stereocenters. The van der Waals surface area contributed by atoms with Gasteiger partial charge in [0.1, 0.15) is 12.3 Å². The number of benzene rings is 3. The standard InChI is InChI=1S/C27H26N4O5S/c1-3-27(33)36-22-12-10-21(11-13-22)29-26(32)18-31-17-20(24-6-4-5-7-25(24)31)16-28-30-37(34,35)23-14-8-19(2)9-15-23/h4-17,30H,3,18H2,1-2H3,(H,29,32)/b28-16-. The number of fused-ring (bicyclic) bond motifs is 1. The van der Waals surface area contributed by atoms with E-state index in [-0.39, 0.29) is 29.7 Å². The van der Waals surface area contributed by atoms with E-state index in [9.17, 15) is 18.0 Å². The normalized spacial score (nSPS) is 11.5. The molecule has 0 fully saturated rings. The summed E-state index contributed by atoms with van der Waals surface area (Å²) < 4.78 is 31.9. The van der Waals surface area contributed by atoms with Gasteiger partial charge in [-0.05, 0) is 49.4 Å². The average molecular weight is 519 g/mol. The van der Waals surface area contributed by atoms with Crippen LogP contribution >= 0.6 is 0 Å². The zero-order valence-electron chi connectivity index (χ0n) is 20.3. The van der Waals surface area contributed by atoms with Gasteiger partial charge in [0.2, 0.25) is 5.91 Å². The van der Waals surface area contributed by atoms with E-state index in [1.54, 1.807) is 54.1 Å². The van der Waals surface area contributed by atoms with E-state index in [0.29, 0.717) is 17.0 Å². The molecule has 1 heterocycles. The number of anilines is 1. The van der Waals surface area contributed by atoms with Crippen LogP contribution in [0, 0.1) is 6.92 Å². The third kappa shape index (κ3) is 6.42. The van der Waals surface area contributed by atoms with Gasteiger partial charge in [-0.1, -0.05) is 42.8 Å². The van der Waals surface area contributed by atoms with Crippen LogP contribution in [0.3, 0.4) is 0 Å². The first-order chi connectivity index (χ1) is 17.7. The first-order valence-electron chi connectivity index (χ1n) is 11.5. The van der Waals surface area contributed by atoms with Crippen molar-refractivity contribution in [1.29, 1.82) is 0 Å². The number of rotatable bonds is 9. The van der Waals surface area contributed by atoms with E-state index in [2.05, 4.69) is 15.2 Å². The average Bonchev–Trinajstić information content (AvgIpc) is 3.22. The molecule has 9 nitrogen and oxygen atoms in total. The van der Waals surface area contributed by atoms with Crippen molar-refractivity contribution in [2.24, 2.45) is 5.10 Å². The molecular formula is C27H26N4O5S. The summed E-state index contributed by atoms with van der Waals surface area (Å²) >= 11 is 0. The Hall–Kier alpha value is -4.44. The maximum Gasteiger partial charge on any atom is 0.310 e. The van der Waals surface area contributed by atoms with Crippen LogP contribution < -0.4 is 14.9 Å². The fourth-order valence-corrected chi connectivity index (χ4v) is 4.40. The molecule has 0 bridgehead atoms. The SMILES string of the molecule is CCC(=O)Oc1ccc(NC(=O)Cn2cc(/C=N\NS(=O)(=O)c3ccc(C)cc3)c3ccccc32)cc1. The van der Waals surface area contributed by atoms with Crippen LogP contribution in [0.15, 0.2) is 89.0 Å². The molecule has 4 aromatic rings. The van der Waals surface area contributed by atoms with Gasteiger partial charge >= 0.3 is 5.97 Å². The third-order valence-electron chi connectivity index (χ3n) is 5.50. The predicted octanol–water partition coefficient (Wildman–Crippen LogP) is 4.22. The predicted molar refractivity (Wildman–Crippen MR) is 142 cm³/mol. The van der Waals surface area contributed by atoms with E-state index in [4.69, 9.17) is 4.74 Å². The van der Waals surface area contributed by atoms with Gasteiger partial charge in [0.25, 0.3) is 10.0 Å². The Kier molecular flexibility index (Phi) is 7.69. The van der Waals surface area contributed by atoms with Crippen molar-refractivity contribution in [3.63, 3.8) is 0 Å². The highest BCUT2D eigenvalue weighted by Crippen LogP contribution is 2.21. The Morgan fingerprint density at radius 2 is 1.70 bits per heavy atom. The summed E-state index contributed by atoms with van der Waals surface area (Å²) in [5.41, 5.74) is 2.96.